The zero-order chi connectivity index (χ0) is 18.0. The second-order valence-electron chi connectivity index (χ2n) is 6.87. The molecule has 0 unspecified atom stereocenters. The molecule has 0 fully saturated rings. The molecule has 2 aromatic carbocycles. The van der Waals surface area contributed by atoms with Gasteiger partial charge in [0.2, 0.25) is 0 Å². The van der Waals surface area contributed by atoms with Gasteiger partial charge >= 0.3 is 5.72 Å². The summed E-state index contributed by atoms with van der Waals surface area (Å²) in [6, 6.07) is 19.1. The Kier molecular flexibility index (Phi) is 2.71. The van der Waals surface area contributed by atoms with Gasteiger partial charge in [0.1, 0.15) is 17.2 Å². The molecular formula is C21H15N3O3. The molecule has 2 atom stereocenters. The van der Waals surface area contributed by atoms with Crippen molar-refractivity contribution < 1.29 is 13.9 Å². The monoisotopic (exact) mass is 357 g/mol. The van der Waals surface area contributed by atoms with Gasteiger partial charge < -0.3 is 14.5 Å². The Morgan fingerprint density at radius 3 is 2.81 bits per heavy atom. The molecule has 1 aromatic heterocycles. The van der Waals surface area contributed by atoms with Crippen molar-refractivity contribution in [2.24, 2.45) is 5.10 Å². The van der Waals surface area contributed by atoms with Crippen LogP contribution >= 0.6 is 0 Å². The van der Waals surface area contributed by atoms with Crippen molar-refractivity contribution in [2.75, 3.05) is 5.32 Å². The third-order valence-corrected chi connectivity index (χ3v) is 5.42. The first kappa shape index (κ1) is 14.6. The highest BCUT2D eigenvalue weighted by Crippen LogP contribution is 2.53. The van der Waals surface area contributed by atoms with E-state index in [4.69, 9.17) is 14.3 Å². The van der Waals surface area contributed by atoms with Crippen LogP contribution < -0.4 is 10.1 Å². The number of furan rings is 1. The lowest BCUT2D eigenvalue weighted by Gasteiger charge is -2.43. The largest absolute Gasteiger partial charge is 0.463 e. The Bertz CT molecular complexity index is 1110. The number of nitrogens with zero attached hydrogens (tertiary/aromatic N) is 2. The van der Waals surface area contributed by atoms with E-state index in [0.717, 1.165) is 22.5 Å². The van der Waals surface area contributed by atoms with Crippen LogP contribution in [0.5, 0.6) is 5.75 Å². The molecule has 3 aromatic rings. The Hall–Kier alpha value is -3.54. The lowest BCUT2D eigenvalue weighted by molar-refractivity contribution is -0.161. The van der Waals surface area contributed by atoms with Gasteiger partial charge in [-0.1, -0.05) is 36.4 Å². The first-order chi connectivity index (χ1) is 13.3. The normalized spacial score (nSPS) is 24.7. The highest BCUT2D eigenvalue weighted by Gasteiger charge is 2.60. The number of nitrogens with one attached hydrogen (secondary N) is 1. The fourth-order valence-electron chi connectivity index (χ4n) is 4.23. The van der Waals surface area contributed by atoms with Gasteiger partial charge in [0.25, 0.3) is 5.91 Å². The summed E-state index contributed by atoms with van der Waals surface area (Å²) in [4.78, 5) is 13.2. The van der Waals surface area contributed by atoms with Crippen LogP contribution in [-0.4, -0.2) is 16.6 Å². The minimum Gasteiger partial charge on any atom is -0.463 e. The summed E-state index contributed by atoms with van der Waals surface area (Å²) in [5.41, 5.74) is 2.04. The highest BCUT2D eigenvalue weighted by atomic mass is 16.5. The van der Waals surface area contributed by atoms with Gasteiger partial charge in [0.05, 0.1) is 23.6 Å². The maximum atomic E-state index is 13.2. The molecule has 6 rings (SSSR count). The van der Waals surface area contributed by atoms with Gasteiger partial charge in [-0.25, -0.2) is 5.01 Å². The standard InChI is InChI=1S/C21H15N3O3/c25-20-21(14-7-2-3-8-15(14)22-20)24-17(13-6-1-4-9-18(13)27-21)12-16(23-24)19-10-5-11-26-19/h1-11,17H,12H2,(H,22,25)/t17-,21-/m0/s1. The van der Waals surface area contributed by atoms with Crippen LogP contribution in [0.25, 0.3) is 0 Å². The SMILES string of the molecule is O=C1Nc2ccccc2[C@]12Oc1ccccc1[C@@H]1CC(c3ccco3)=NN12. The molecule has 0 bridgehead atoms. The van der Waals surface area contributed by atoms with E-state index in [1.807, 2.05) is 60.7 Å². The van der Waals surface area contributed by atoms with Gasteiger partial charge in [0, 0.05) is 12.0 Å². The highest BCUT2D eigenvalue weighted by molar-refractivity contribution is 6.06. The molecule has 0 saturated carbocycles. The molecule has 1 amide bonds. The van der Waals surface area contributed by atoms with Gasteiger partial charge in [-0.05, 0) is 24.3 Å². The molecule has 6 heteroatoms. The van der Waals surface area contributed by atoms with Crippen LogP contribution in [-0.2, 0) is 10.5 Å². The second kappa shape index (κ2) is 5.01. The molecule has 4 heterocycles. The number of benzene rings is 2. The Morgan fingerprint density at radius 1 is 1.07 bits per heavy atom. The number of rotatable bonds is 1. The summed E-state index contributed by atoms with van der Waals surface area (Å²) in [7, 11) is 0. The fourth-order valence-corrected chi connectivity index (χ4v) is 4.23. The van der Waals surface area contributed by atoms with Crippen LogP contribution in [0, 0.1) is 0 Å². The third-order valence-electron chi connectivity index (χ3n) is 5.42. The minimum atomic E-state index is -1.32. The number of anilines is 1. The molecule has 1 N–H and O–H groups in total. The summed E-state index contributed by atoms with van der Waals surface area (Å²) in [5.74, 6) is 1.19. The number of fused-ring (bicyclic) bond motifs is 6. The molecule has 3 aliphatic heterocycles. The maximum Gasteiger partial charge on any atom is 0.306 e. The summed E-state index contributed by atoms with van der Waals surface area (Å²) < 4.78 is 11.9. The zero-order valence-electron chi connectivity index (χ0n) is 14.3. The lowest BCUT2D eigenvalue weighted by atomic mass is 9.93. The molecule has 3 aliphatic rings. The first-order valence-corrected chi connectivity index (χ1v) is 8.87. The number of amides is 1. The molecule has 0 saturated heterocycles. The summed E-state index contributed by atoms with van der Waals surface area (Å²) in [5, 5.41) is 9.56. The number of hydrogen-bond acceptors (Lipinski definition) is 5. The van der Waals surface area contributed by atoms with Crippen LogP contribution in [0.1, 0.15) is 29.3 Å². The van der Waals surface area contributed by atoms with Crippen molar-refractivity contribution in [3.05, 3.63) is 83.8 Å². The lowest BCUT2D eigenvalue weighted by Crippen LogP contribution is -2.55. The van der Waals surface area contributed by atoms with Crippen molar-refractivity contribution in [3.63, 3.8) is 0 Å². The molecule has 0 radical (unpaired) electrons. The number of hydrazone groups is 1. The van der Waals surface area contributed by atoms with E-state index in [1.54, 1.807) is 11.3 Å². The number of carbonyl (C=O) groups is 1. The van der Waals surface area contributed by atoms with Crippen molar-refractivity contribution in [1.82, 2.24) is 5.01 Å². The molecule has 132 valence electrons. The van der Waals surface area contributed by atoms with Crippen LogP contribution in [0.15, 0.2) is 76.4 Å². The molecular weight excluding hydrogens is 342 g/mol. The number of carbonyl (C=O) groups excluding carboxylic acids is 1. The fraction of sp³-hybridized carbons (Fsp3) is 0.143. The van der Waals surface area contributed by atoms with E-state index < -0.39 is 5.72 Å². The van der Waals surface area contributed by atoms with Crippen molar-refractivity contribution >= 4 is 17.3 Å². The van der Waals surface area contributed by atoms with Crippen molar-refractivity contribution in [1.29, 1.82) is 0 Å². The Labute approximate surface area is 155 Å². The Morgan fingerprint density at radius 2 is 1.93 bits per heavy atom. The van der Waals surface area contributed by atoms with E-state index in [2.05, 4.69) is 5.32 Å². The number of hydrogen-bond donors (Lipinski definition) is 1. The van der Waals surface area contributed by atoms with Crippen molar-refractivity contribution in [3.8, 4) is 5.75 Å². The topological polar surface area (TPSA) is 67.1 Å². The molecule has 27 heavy (non-hydrogen) atoms. The van der Waals surface area contributed by atoms with Gasteiger partial charge in [0.15, 0.2) is 0 Å². The summed E-state index contributed by atoms with van der Waals surface area (Å²) >= 11 is 0. The van der Waals surface area contributed by atoms with E-state index in [0.29, 0.717) is 17.9 Å². The maximum absolute atomic E-state index is 13.2. The first-order valence-electron chi connectivity index (χ1n) is 8.87. The zero-order valence-corrected chi connectivity index (χ0v) is 14.3. The average Bonchev–Trinajstić information content (AvgIpc) is 3.41. The van der Waals surface area contributed by atoms with Gasteiger partial charge in [-0.2, -0.15) is 5.10 Å². The van der Waals surface area contributed by atoms with Crippen molar-refractivity contribution in [2.45, 2.75) is 18.2 Å². The van der Waals surface area contributed by atoms with Crippen LogP contribution in [0.2, 0.25) is 0 Å². The predicted molar refractivity (Wildman–Crippen MR) is 98.3 cm³/mol. The average molecular weight is 357 g/mol. The molecule has 0 aliphatic carbocycles. The number of para-hydroxylation sites is 2. The molecule has 1 spiro atoms. The minimum absolute atomic E-state index is 0.105. The van der Waals surface area contributed by atoms with Gasteiger partial charge in [-0.3, -0.25) is 4.79 Å². The van der Waals surface area contributed by atoms with Crippen LogP contribution in [0.4, 0.5) is 5.69 Å². The van der Waals surface area contributed by atoms with E-state index in [9.17, 15) is 4.79 Å². The summed E-state index contributed by atoms with van der Waals surface area (Å²) in [6.45, 7) is 0. The second-order valence-corrected chi connectivity index (χ2v) is 6.87. The Balaban J connectivity index is 1.60. The predicted octanol–water partition coefficient (Wildman–Crippen LogP) is 3.63. The van der Waals surface area contributed by atoms with E-state index >= 15 is 0 Å². The third kappa shape index (κ3) is 1.79. The molecule has 6 nitrogen and oxygen atoms in total. The quantitative estimate of drug-likeness (QED) is 0.722. The van der Waals surface area contributed by atoms with E-state index in [1.165, 1.54) is 0 Å². The smallest absolute Gasteiger partial charge is 0.306 e. The van der Waals surface area contributed by atoms with E-state index in [-0.39, 0.29) is 11.9 Å². The van der Waals surface area contributed by atoms with Crippen LogP contribution in [0.3, 0.4) is 0 Å². The summed E-state index contributed by atoms with van der Waals surface area (Å²) in [6.07, 6.45) is 2.28. The van der Waals surface area contributed by atoms with Gasteiger partial charge in [-0.15, -0.1) is 0 Å². The number of ether oxygens (including phenoxy) is 1.